The maximum absolute atomic E-state index is 12.7. The minimum absolute atomic E-state index is 0.139. The summed E-state index contributed by atoms with van der Waals surface area (Å²) in [6.45, 7) is 8.61. The predicted octanol–water partition coefficient (Wildman–Crippen LogP) is 2.41. The van der Waals surface area contributed by atoms with Crippen LogP contribution in [0.15, 0.2) is 30.3 Å². The standard InChI is InChI=1S/C22H29N3O2/c1-16-5-7-19(8-6-16)14-21(26)24-9-11-25(12-10-24)22(27)15-20-13-17(2)23(4)18(20)3/h5-8,13H,9-12,14-15H2,1-4H3. The fourth-order valence-electron chi connectivity index (χ4n) is 3.58. The van der Waals surface area contributed by atoms with Gasteiger partial charge in [0.25, 0.3) is 0 Å². The third-order valence-electron chi connectivity index (χ3n) is 5.68. The van der Waals surface area contributed by atoms with Crippen molar-refractivity contribution in [3.05, 3.63) is 58.4 Å². The molecule has 27 heavy (non-hydrogen) atoms. The molecular weight excluding hydrogens is 338 g/mol. The summed E-state index contributed by atoms with van der Waals surface area (Å²) in [5.74, 6) is 0.287. The smallest absolute Gasteiger partial charge is 0.227 e. The Morgan fingerprint density at radius 1 is 0.852 bits per heavy atom. The molecule has 3 rings (SSSR count). The van der Waals surface area contributed by atoms with Gasteiger partial charge in [0.15, 0.2) is 0 Å². The second kappa shape index (κ2) is 7.99. The number of carbonyl (C=O) groups excluding carboxylic acids is 2. The molecule has 1 saturated heterocycles. The van der Waals surface area contributed by atoms with Crippen LogP contribution in [0.2, 0.25) is 0 Å². The van der Waals surface area contributed by atoms with Crippen LogP contribution in [-0.2, 0) is 29.5 Å². The zero-order valence-corrected chi connectivity index (χ0v) is 16.8. The van der Waals surface area contributed by atoms with Gasteiger partial charge in [-0.15, -0.1) is 0 Å². The number of hydrogen-bond acceptors (Lipinski definition) is 2. The van der Waals surface area contributed by atoms with E-state index in [0.29, 0.717) is 39.0 Å². The van der Waals surface area contributed by atoms with Gasteiger partial charge in [0, 0.05) is 44.6 Å². The Morgan fingerprint density at radius 3 is 1.85 bits per heavy atom. The molecule has 5 nitrogen and oxygen atoms in total. The number of rotatable bonds is 4. The highest BCUT2D eigenvalue weighted by Gasteiger charge is 2.24. The van der Waals surface area contributed by atoms with Crippen LogP contribution in [-0.4, -0.2) is 52.4 Å². The lowest BCUT2D eigenvalue weighted by Gasteiger charge is -2.35. The summed E-state index contributed by atoms with van der Waals surface area (Å²) in [4.78, 5) is 28.9. The lowest BCUT2D eigenvalue weighted by atomic mass is 10.1. The number of nitrogens with zero attached hydrogens (tertiary/aromatic N) is 3. The van der Waals surface area contributed by atoms with Crippen molar-refractivity contribution in [1.29, 1.82) is 0 Å². The summed E-state index contributed by atoms with van der Waals surface area (Å²) < 4.78 is 2.12. The molecule has 0 atom stereocenters. The van der Waals surface area contributed by atoms with Crippen molar-refractivity contribution in [1.82, 2.24) is 14.4 Å². The van der Waals surface area contributed by atoms with Gasteiger partial charge in [-0.05, 0) is 38.0 Å². The molecule has 1 aliphatic heterocycles. The van der Waals surface area contributed by atoms with E-state index >= 15 is 0 Å². The maximum Gasteiger partial charge on any atom is 0.227 e. The number of benzene rings is 1. The Kier molecular flexibility index (Phi) is 5.68. The van der Waals surface area contributed by atoms with Crippen LogP contribution < -0.4 is 0 Å². The average molecular weight is 367 g/mol. The summed E-state index contributed by atoms with van der Waals surface area (Å²) in [5, 5.41) is 0. The second-order valence-corrected chi connectivity index (χ2v) is 7.56. The van der Waals surface area contributed by atoms with Gasteiger partial charge in [-0.1, -0.05) is 29.8 Å². The van der Waals surface area contributed by atoms with Crippen LogP contribution >= 0.6 is 0 Å². The molecule has 0 bridgehead atoms. The minimum Gasteiger partial charge on any atom is -0.352 e. The van der Waals surface area contributed by atoms with Crippen molar-refractivity contribution >= 4 is 11.8 Å². The van der Waals surface area contributed by atoms with Gasteiger partial charge in [-0.25, -0.2) is 0 Å². The summed E-state index contributed by atoms with van der Waals surface area (Å²) in [7, 11) is 2.02. The van der Waals surface area contributed by atoms with Crippen molar-refractivity contribution in [3.8, 4) is 0 Å². The molecule has 0 N–H and O–H groups in total. The number of carbonyl (C=O) groups is 2. The fraction of sp³-hybridized carbons (Fsp3) is 0.455. The average Bonchev–Trinajstić information content (AvgIpc) is 2.90. The fourth-order valence-corrected chi connectivity index (χ4v) is 3.58. The Balaban J connectivity index is 1.51. The first kappa shape index (κ1) is 19.2. The van der Waals surface area contributed by atoms with Crippen LogP contribution in [0.4, 0.5) is 0 Å². The van der Waals surface area contributed by atoms with Crippen molar-refractivity contribution < 1.29 is 9.59 Å². The summed E-state index contributed by atoms with van der Waals surface area (Å²) in [6.07, 6.45) is 0.863. The lowest BCUT2D eigenvalue weighted by molar-refractivity contribution is -0.138. The van der Waals surface area contributed by atoms with Gasteiger partial charge in [-0.2, -0.15) is 0 Å². The molecular formula is C22H29N3O2. The third kappa shape index (κ3) is 4.41. The maximum atomic E-state index is 12.7. The first-order valence-electron chi connectivity index (χ1n) is 9.58. The van der Waals surface area contributed by atoms with E-state index in [1.54, 1.807) is 0 Å². The van der Waals surface area contributed by atoms with Crippen molar-refractivity contribution in [2.75, 3.05) is 26.2 Å². The highest BCUT2D eigenvalue weighted by Crippen LogP contribution is 2.16. The van der Waals surface area contributed by atoms with Crippen LogP contribution in [0.25, 0.3) is 0 Å². The third-order valence-corrected chi connectivity index (χ3v) is 5.68. The number of aromatic nitrogens is 1. The molecule has 1 aromatic heterocycles. The molecule has 5 heteroatoms. The molecule has 2 amide bonds. The van der Waals surface area contributed by atoms with Gasteiger partial charge >= 0.3 is 0 Å². The second-order valence-electron chi connectivity index (χ2n) is 7.56. The topological polar surface area (TPSA) is 45.6 Å². The van der Waals surface area contributed by atoms with E-state index in [1.165, 1.54) is 11.3 Å². The van der Waals surface area contributed by atoms with Gasteiger partial charge in [0.2, 0.25) is 11.8 Å². The minimum atomic E-state index is 0.139. The van der Waals surface area contributed by atoms with E-state index in [9.17, 15) is 9.59 Å². The van der Waals surface area contributed by atoms with Crippen LogP contribution in [0.5, 0.6) is 0 Å². The van der Waals surface area contributed by atoms with E-state index in [4.69, 9.17) is 0 Å². The van der Waals surface area contributed by atoms with E-state index in [-0.39, 0.29) is 11.8 Å². The monoisotopic (exact) mass is 367 g/mol. The zero-order chi connectivity index (χ0) is 19.6. The quantitative estimate of drug-likeness (QED) is 0.833. The molecule has 144 valence electrons. The molecule has 1 aromatic carbocycles. The van der Waals surface area contributed by atoms with E-state index in [2.05, 4.69) is 24.5 Å². The summed E-state index contributed by atoms with van der Waals surface area (Å²) in [6, 6.07) is 10.2. The molecule has 2 heterocycles. The van der Waals surface area contributed by atoms with E-state index in [1.807, 2.05) is 48.0 Å². The van der Waals surface area contributed by atoms with Gasteiger partial charge < -0.3 is 14.4 Å². The first-order chi connectivity index (χ1) is 12.8. The molecule has 0 unspecified atom stereocenters. The molecule has 2 aromatic rings. The number of piperazine rings is 1. The highest BCUT2D eigenvalue weighted by atomic mass is 16.2. The van der Waals surface area contributed by atoms with Crippen molar-refractivity contribution in [2.45, 2.75) is 33.6 Å². The van der Waals surface area contributed by atoms with Crippen LogP contribution in [0, 0.1) is 20.8 Å². The number of hydrogen-bond donors (Lipinski definition) is 0. The molecule has 0 aliphatic carbocycles. The van der Waals surface area contributed by atoms with Crippen molar-refractivity contribution in [2.24, 2.45) is 7.05 Å². The lowest BCUT2D eigenvalue weighted by Crippen LogP contribution is -2.51. The van der Waals surface area contributed by atoms with Gasteiger partial charge in [0.1, 0.15) is 0 Å². The molecule has 0 radical (unpaired) electrons. The highest BCUT2D eigenvalue weighted by molar-refractivity contribution is 5.81. The van der Waals surface area contributed by atoms with Crippen LogP contribution in [0.3, 0.4) is 0 Å². The largest absolute Gasteiger partial charge is 0.352 e. The van der Waals surface area contributed by atoms with Gasteiger partial charge in [0.05, 0.1) is 12.8 Å². The normalized spacial score (nSPS) is 14.5. The summed E-state index contributed by atoms with van der Waals surface area (Å²) in [5.41, 5.74) is 5.65. The molecule has 1 aliphatic rings. The Morgan fingerprint density at radius 2 is 1.37 bits per heavy atom. The zero-order valence-electron chi connectivity index (χ0n) is 16.8. The molecule has 0 spiro atoms. The predicted molar refractivity (Wildman–Crippen MR) is 107 cm³/mol. The molecule has 0 saturated carbocycles. The SMILES string of the molecule is Cc1ccc(CC(=O)N2CCN(C(=O)Cc3cc(C)n(C)c3C)CC2)cc1. The van der Waals surface area contributed by atoms with E-state index < -0.39 is 0 Å². The van der Waals surface area contributed by atoms with Gasteiger partial charge in [-0.3, -0.25) is 9.59 Å². The number of aryl methyl sites for hydroxylation is 2. The molecule has 1 fully saturated rings. The Bertz CT molecular complexity index is 828. The Hall–Kier alpha value is -2.56. The first-order valence-corrected chi connectivity index (χ1v) is 9.58. The summed E-state index contributed by atoms with van der Waals surface area (Å²) >= 11 is 0. The van der Waals surface area contributed by atoms with Crippen molar-refractivity contribution in [3.63, 3.8) is 0 Å². The Labute approximate surface area is 161 Å². The van der Waals surface area contributed by atoms with E-state index in [0.717, 1.165) is 16.8 Å². The van der Waals surface area contributed by atoms with Crippen LogP contribution in [0.1, 0.15) is 28.1 Å². The number of amides is 2.